The topological polar surface area (TPSA) is 110 Å². The Hall–Kier alpha value is -4.10. The highest BCUT2D eigenvalue weighted by Gasteiger charge is 2.14. The Balaban J connectivity index is 1.48. The van der Waals surface area contributed by atoms with E-state index < -0.39 is 0 Å². The normalized spacial score (nSPS) is 11.0. The Kier molecular flexibility index (Phi) is 4.65. The van der Waals surface area contributed by atoms with Gasteiger partial charge in [0.15, 0.2) is 11.4 Å². The predicted molar refractivity (Wildman–Crippen MR) is 121 cm³/mol. The Labute approximate surface area is 181 Å². The summed E-state index contributed by atoms with van der Waals surface area (Å²) in [5, 5.41) is 3.29. The van der Waals surface area contributed by atoms with Crippen LogP contribution in [0.4, 0.5) is 11.4 Å². The van der Waals surface area contributed by atoms with Crippen molar-refractivity contribution in [3.05, 3.63) is 83.9 Å². The van der Waals surface area contributed by atoms with Gasteiger partial charge < -0.3 is 20.5 Å². The fourth-order valence-electron chi connectivity index (χ4n) is 3.25. The molecular formula is C23H16ClN5O2. The quantitative estimate of drug-likeness (QED) is 0.332. The number of nitrogens with zero attached hydrogens (tertiary/aromatic N) is 2. The molecule has 0 saturated carbocycles. The van der Waals surface area contributed by atoms with E-state index in [-0.39, 0.29) is 11.7 Å². The van der Waals surface area contributed by atoms with Gasteiger partial charge in [-0.15, -0.1) is 0 Å². The van der Waals surface area contributed by atoms with Crippen molar-refractivity contribution >= 4 is 40.0 Å². The number of furan rings is 1. The number of amides is 1. The molecule has 152 valence electrons. The average Bonchev–Trinajstić information content (AvgIpc) is 3.45. The van der Waals surface area contributed by atoms with Crippen LogP contribution in [0.15, 0.2) is 77.5 Å². The van der Waals surface area contributed by atoms with E-state index in [1.807, 2.05) is 30.3 Å². The van der Waals surface area contributed by atoms with E-state index >= 15 is 0 Å². The van der Waals surface area contributed by atoms with E-state index in [0.29, 0.717) is 33.4 Å². The lowest BCUT2D eigenvalue weighted by atomic mass is 10.1. The zero-order chi connectivity index (χ0) is 21.4. The molecule has 0 bridgehead atoms. The number of carbonyl (C=O) groups excluding carboxylic acids is 1. The number of rotatable bonds is 4. The van der Waals surface area contributed by atoms with Gasteiger partial charge in [-0.05, 0) is 54.1 Å². The fourth-order valence-corrected chi connectivity index (χ4v) is 3.45. The number of aromatic amines is 1. The molecule has 31 heavy (non-hydrogen) atoms. The Morgan fingerprint density at radius 2 is 1.90 bits per heavy atom. The lowest BCUT2D eigenvalue weighted by Crippen LogP contribution is -2.10. The summed E-state index contributed by atoms with van der Waals surface area (Å²) in [5.41, 5.74) is 11.0. The number of benzene rings is 2. The Bertz CT molecular complexity index is 1390. The highest BCUT2D eigenvalue weighted by molar-refractivity contribution is 6.33. The molecular weight excluding hydrogens is 414 g/mol. The zero-order valence-corrected chi connectivity index (χ0v) is 16.9. The highest BCUT2D eigenvalue weighted by Crippen LogP contribution is 2.31. The van der Waals surface area contributed by atoms with Crippen molar-refractivity contribution in [2.24, 2.45) is 0 Å². The third kappa shape index (κ3) is 3.74. The second kappa shape index (κ2) is 7.62. The number of nitrogen functional groups attached to an aromatic ring is 1. The number of nitrogens with one attached hydrogen (secondary N) is 2. The standard InChI is InChI=1S/C23H16ClN5O2/c24-18-8-7-16(27-23(30)20-2-1-9-31-20)11-17(18)21-28-19-10-14(12-26-22(19)29-21)13-3-5-15(25)6-4-13/h1-12H,25H2,(H,27,30)(H,26,28,29). The van der Waals surface area contributed by atoms with Gasteiger partial charge in [-0.2, -0.15) is 0 Å². The number of imidazole rings is 1. The minimum absolute atomic E-state index is 0.222. The zero-order valence-electron chi connectivity index (χ0n) is 16.1. The number of anilines is 2. The van der Waals surface area contributed by atoms with E-state index in [9.17, 15) is 4.79 Å². The van der Waals surface area contributed by atoms with Gasteiger partial charge in [0.1, 0.15) is 5.82 Å². The first-order chi connectivity index (χ1) is 15.1. The summed E-state index contributed by atoms with van der Waals surface area (Å²) in [5.74, 6) is 0.424. The second-order valence-corrected chi connectivity index (χ2v) is 7.34. The number of nitrogens with two attached hydrogens (primary N) is 1. The van der Waals surface area contributed by atoms with Crippen molar-refractivity contribution in [3.63, 3.8) is 0 Å². The summed E-state index contributed by atoms with van der Waals surface area (Å²) in [7, 11) is 0. The lowest BCUT2D eigenvalue weighted by molar-refractivity contribution is 0.0996. The molecule has 0 saturated heterocycles. The molecule has 7 nitrogen and oxygen atoms in total. The van der Waals surface area contributed by atoms with Crippen molar-refractivity contribution in [2.45, 2.75) is 0 Å². The predicted octanol–water partition coefficient (Wildman–Crippen LogP) is 5.37. The SMILES string of the molecule is Nc1ccc(-c2cnc3nc(-c4cc(NC(=O)c5ccco5)ccc4Cl)[nH]c3c2)cc1. The number of carbonyl (C=O) groups is 1. The summed E-state index contributed by atoms with van der Waals surface area (Å²) in [6, 6.07) is 18.0. The molecule has 5 aromatic rings. The van der Waals surface area contributed by atoms with Gasteiger partial charge in [-0.1, -0.05) is 23.7 Å². The Morgan fingerprint density at radius 3 is 2.68 bits per heavy atom. The molecule has 0 fully saturated rings. The molecule has 2 aromatic carbocycles. The van der Waals surface area contributed by atoms with Gasteiger partial charge >= 0.3 is 0 Å². The van der Waals surface area contributed by atoms with E-state index in [2.05, 4.69) is 20.3 Å². The van der Waals surface area contributed by atoms with Crippen LogP contribution in [-0.2, 0) is 0 Å². The van der Waals surface area contributed by atoms with Crippen LogP contribution in [-0.4, -0.2) is 20.9 Å². The second-order valence-electron chi connectivity index (χ2n) is 6.93. The summed E-state index contributed by atoms with van der Waals surface area (Å²) in [6.45, 7) is 0. The largest absolute Gasteiger partial charge is 0.459 e. The van der Waals surface area contributed by atoms with Crippen LogP contribution >= 0.6 is 11.6 Å². The molecule has 8 heteroatoms. The summed E-state index contributed by atoms with van der Waals surface area (Å²) < 4.78 is 5.13. The van der Waals surface area contributed by atoms with Crippen LogP contribution in [0.2, 0.25) is 5.02 Å². The number of aromatic nitrogens is 3. The van der Waals surface area contributed by atoms with Gasteiger partial charge in [0.2, 0.25) is 0 Å². The molecule has 5 rings (SSSR count). The highest BCUT2D eigenvalue weighted by atomic mass is 35.5. The molecule has 0 aliphatic carbocycles. The Morgan fingerprint density at radius 1 is 1.06 bits per heavy atom. The minimum atomic E-state index is -0.349. The van der Waals surface area contributed by atoms with Crippen molar-refractivity contribution in [2.75, 3.05) is 11.1 Å². The molecule has 1 amide bonds. The maximum Gasteiger partial charge on any atom is 0.291 e. The van der Waals surface area contributed by atoms with Crippen molar-refractivity contribution < 1.29 is 9.21 Å². The van der Waals surface area contributed by atoms with Crippen LogP contribution in [0.25, 0.3) is 33.7 Å². The molecule has 0 spiro atoms. The monoisotopic (exact) mass is 429 g/mol. The van der Waals surface area contributed by atoms with Crippen molar-refractivity contribution in [1.82, 2.24) is 15.0 Å². The molecule has 4 N–H and O–H groups in total. The number of halogens is 1. The number of hydrogen-bond acceptors (Lipinski definition) is 5. The van der Waals surface area contributed by atoms with Crippen LogP contribution < -0.4 is 11.1 Å². The smallest absolute Gasteiger partial charge is 0.291 e. The van der Waals surface area contributed by atoms with E-state index in [1.54, 1.807) is 36.5 Å². The molecule has 0 aliphatic heterocycles. The van der Waals surface area contributed by atoms with Crippen molar-refractivity contribution in [1.29, 1.82) is 0 Å². The summed E-state index contributed by atoms with van der Waals surface area (Å²) in [6.07, 6.45) is 3.21. The fraction of sp³-hybridized carbons (Fsp3) is 0. The maximum atomic E-state index is 12.3. The third-order valence-electron chi connectivity index (χ3n) is 4.81. The summed E-state index contributed by atoms with van der Waals surface area (Å²) >= 11 is 6.41. The van der Waals surface area contributed by atoms with Crippen LogP contribution in [0.3, 0.4) is 0 Å². The molecule has 3 aromatic heterocycles. The number of hydrogen-bond donors (Lipinski definition) is 3. The van der Waals surface area contributed by atoms with E-state index in [0.717, 1.165) is 16.6 Å². The molecule has 0 radical (unpaired) electrons. The summed E-state index contributed by atoms with van der Waals surface area (Å²) in [4.78, 5) is 24.6. The van der Waals surface area contributed by atoms with Crippen LogP contribution in [0.1, 0.15) is 10.6 Å². The number of pyridine rings is 1. The van der Waals surface area contributed by atoms with Gasteiger partial charge in [0.05, 0.1) is 16.8 Å². The number of fused-ring (bicyclic) bond motifs is 1. The molecule has 3 heterocycles. The third-order valence-corrected chi connectivity index (χ3v) is 5.14. The van der Waals surface area contributed by atoms with Gasteiger partial charge in [-0.25, -0.2) is 9.97 Å². The molecule has 0 atom stereocenters. The van der Waals surface area contributed by atoms with Crippen LogP contribution in [0, 0.1) is 0 Å². The number of H-pyrrole nitrogens is 1. The molecule has 0 aliphatic rings. The lowest BCUT2D eigenvalue weighted by Gasteiger charge is -2.07. The first-order valence-electron chi connectivity index (χ1n) is 9.43. The van der Waals surface area contributed by atoms with Crippen molar-refractivity contribution in [3.8, 4) is 22.5 Å². The maximum absolute atomic E-state index is 12.3. The van der Waals surface area contributed by atoms with Gasteiger partial charge in [0.25, 0.3) is 5.91 Å². The average molecular weight is 430 g/mol. The minimum Gasteiger partial charge on any atom is -0.459 e. The van der Waals surface area contributed by atoms with Gasteiger partial charge in [-0.3, -0.25) is 4.79 Å². The first-order valence-corrected chi connectivity index (χ1v) is 9.81. The van der Waals surface area contributed by atoms with E-state index in [4.69, 9.17) is 21.8 Å². The first kappa shape index (κ1) is 18.9. The van der Waals surface area contributed by atoms with Crippen LogP contribution in [0.5, 0.6) is 0 Å². The van der Waals surface area contributed by atoms with E-state index in [1.165, 1.54) is 6.26 Å². The molecule has 0 unspecified atom stereocenters. The van der Waals surface area contributed by atoms with Gasteiger partial charge in [0, 0.05) is 28.7 Å².